The van der Waals surface area contributed by atoms with Gasteiger partial charge in [0, 0.05) is 16.7 Å². The van der Waals surface area contributed by atoms with Crippen LogP contribution in [-0.2, 0) is 10.8 Å². The second kappa shape index (κ2) is 15.1. The molecule has 0 atom stereocenters. The lowest BCUT2D eigenvalue weighted by atomic mass is 9.86. The minimum atomic E-state index is 0.0385. The maximum absolute atomic E-state index is 5.19. The molecule has 308 valence electrons. The zero-order chi connectivity index (χ0) is 43.7. The summed E-state index contributed by atoms with van der Waals surface area (Å²) in [6.07, 6.45) is 0. The van der Waals surface area contributed by atoms with Crippen LogP contribution in [0.3, 0.4) is 0 Å². The van der Waals surface area contributed by atoms with Crippen molar-refractivity contribution in [1.82, 2.24) is 15.0 Å². The highest BCUT2D eigenvalue weighted by Gasteiger charge is 2.23. The first-order chi connectivity index (χ1) is 31.0. The Bertz CT molecular complexity index is 3310. The Morgan fingerprint density at radius 2 is 0.734 bits per heavy atom. The molecule has 64 heavy (non-hydrogen) atoms. The lowest BCUT2D eigenvalue weighted by Gasteiger charge is -2.19. The van der Waals surface area contributed by atoms with Crippen LogP contribution in [0.4, 0.5) is 0 Å². The van der Waals surface area contributed by atoms with Crippen molar-refractivity contribution in [3.8, 4) is 89.8 Å². The highest BCUT2D eigenvalue weighted by Crippen LogP contribution is 2.49. The Balaban J connectivity index is 1.01. The van der Waals surface area contributed by atoms with Crippen molar-refractivity contribution in [3.63, 3.8) is 0 Å². The maximum Gasteiger partial charge on any atom is 0.164 e. The molecule has 0 aliphatic heterocycles. The van der Waals surface area contributed by atoms with Crippen LogP contribution in [0.1, 0.15) is 52.7 Å². The first-order valence-corrected chi connectivity index (χ1v) is 22.3. The van der Waals surface area contributed by atoms with E-state index in [1.165, 1.54) is 77.2 Å². The SMILES string of the molecule is CC(C)(C)c1ccc(-c2nc(-c3ccc(C(C)(C)C)cc3)nc(-c3cccc(-c4c(-c5ccc(-c6ccc7c8c(cccc68)-c6ccccc6-7)cc5)ccc5ccccc45)c3)n2)cc1. The van der Waals surface area contributed by atoms with Crippen LogP contribution in [0.2, 0.25) is 0 Å². The molecule has 1 aliphatic carbocycles. The molecule has 3 heteroatoms. The third-order valence-corrected chi connectivity index (χ3v) is 13.0. The summed E-state index contributed by atoms with van der Waals surface area (Å²) < 4.78 is 0. The van der Waals surface area contributed by atoms with E-state index in [9.17, 15) is 0 Å². The average molecular weight is 824 g/mol. The Labute approximate surface area is 376 Å². The molecular formula is C61H49N3. The molecule has 0 unspecified atom stereocenters. The predicted octanol–water partition coefficient (Wildman–Crippen LogP) is 16.4. The number of rotatable bonds is 6. The van der Waals surface area contributed by atoms with Gasteiger partial charge in [-0.1, -0.05) is 224 Å². The van der Waals surface area contributed by atoms with Crippen LogP contribution in [-0.4, -0.2) is 15.0 Å². The van der Waals surface area contributed by atoms with E-state index in [0.29, 0.717) is 17.5 Å². The molecule has 0 radical (unpaired) electrons. The molecule has 0 bridgehead atoms. The van der Waals surface area contributed by atoms with E-state index in [-0.39, 0.29) is 10.8 Å². The van der Waals surface area contributed by atoms with Crippen LogP contribution < -0.4 is 0 Å². The number of hydrogen-bond donors (Lipinski definition) is 0. The quantitative estimate of drug-likeness (QED) is 0.168. The van der Waals surface area contributed by atoms with Gasteiger partial charge in [0.1, 0.15) is 0 Å². The molecule has 3 nitrogen and oxygen atoms in total. The molecule has 0 N–H and O–H groups in total. The van der Waals surface area contributed by atoms with Crippen molar-refractivity contribution >= 4 is 21.5 Å². The minimum Gasteiger partial charge on any atom is -0.208 e. The summed E-state index contributed by atoms with van der Waals surface area (Å²) in [5, 5.41) is 5.02. The van der Waals surface area contributed by atoms with Crippen LogP contribution in [0.5, 0.6) is 0 Å². The predicted molar refractivity (Wildman–Crippen MR) is 269 cm³/mol. The first kappa shape index (κ1) is 39.4. The van der Waals surface area contributed by atoms with Gasteiger partial charge in [-0.2, -0.15) is 0 Å². The molecule has 0 spiro atoms. The van der Waals surface area contributed by atoms with Gasteiger partial charge in [0.05, 0.1) is 0 Å². The fourth-order valence-electron chi connectivity index (χ4n) is 9.53. The van der Waals surface area contributed by atoms with Gasteiger partial charge in [-0.25, -0.2) is 15.0 Å². The zero-order valence-electron chi connectivity index (χ0n) is 37.2. The third-order valence-electron chi connectivity index (χ3n) is 13.0. The molecule has 1 heterocycles. The number of benzene rings is 9. The molecule has 0 fully saturated rings. The van der Waals surface area contributed by atoms with Crippen LogP contribution in [0, 0.1) is 0 Å². The molecule has 0 amide bonds. The highest BCUT2D eigenvalue weighted by molar-refractivity contribution is 6.18. The van der Waals surface area contributed by atoms with Gasteiger partial charge in [-0.05, 0) is 105 Å². The monoisotopic (exact) mass is 823 g/mol. The van der Waals surface area contributed by atoms with E-state index in [1.807, 2.05) is 0 Å². The van der Waals surface area contributed by atoms with Gasteiger partial charge in [0.2, 0.25) is 0 Å². The lowest BCUT2D eigenvalue weighted by molar-refractivity contribution is 0.590. The summed E-state index contributed by atoms with van der Waals surface area (Å²) in [5.74, 6) is 1.95. The summed E-state index contributed by atoms with van der Waals surface area (Å²) in [4.78, 5) is 15.5. The van der Waals surface area contributed by atoms with Crippen LogP contribution >= 0.6 is 0 Å². The topological polar surface area (TPSA) is 38.7 Å². The molecule has 1 aromatic heterocycles. The van der Waals surface area contributed by atoms with E-state index >= 15 is 0 Å². The van der Waals surface area contributed by atoms with E-state index in [1.54, 1.807) is 0 Å². The Hall–Kier alpha value is -7.49. The summed E-state index contributed by atoms with van der Waals surface area (Å²) >= 11 is 0. The highest BCUT2D eigenvalue weighted by atomic mass is 15.0. The van der Waals surface area contributed by atoms with E-state index in [4.69, 9.17) is 15.0 Å². The van der Waals surface area contributed by atoms with E-state index in [0.717, 1.165) is 27.8 Å². The molecular weight excluding hydrogens is 775 g/mol. The van der Waals surface area contributed by atoms with Crippen LogP contribution in [0.25, 0.3) is 111 Å². The van der Waals surface area contributed by atoms with Crippen LogP contribution in [0.15, 0.2) is 188 Å². The minimum absolute atomic E-state index is 0.0385. The number of hydrogen-bond acceptors (Lipinski definition) is 3. The molecule has 9 aromatic carbocycles. The molecule has 1 aliphatic rings. The smallest absolute Gasteiger partial charge is 0.164 e. The Morgan fingerprint density at radius 3 is 1.34 bits per heavy atom. The molecule has 0 saturated carbocycles. The number of nitrogens with zero attached hydrogens (tertiary/aromatic N) is 3. The van der Waals surface area contributed by atoms with E-state index < -0.39 is 0 Å². The number of aromatic nitrogens is 3. The number of fused-ring (bicyclic) bond motifs is 4. The Morgan fingerprint density at radius 1 is 0.297 bits per heavy atom. The Kier molecular flexibility index (Phi) is 9.29. The van der Waals surface area contributed by atoms with Gasteiger partial charge in [0.15, 0.2) is 17.5 Å². The molecule has 10 aromatic rings. The normalized spacial score (nSPS) is 12.2. The van der Waals surface area contributed by atoms with Gasteiger partial charge < -0.3 is 0 Å². The lowest BCUT2D eigenvalue weighted by Crippen LogP contribution is -2.10. The summed E-state index contributed by atoms with van der Waals surface area (Å²) in [7, 11) is 0. The summed E-state index contributed by atoms with van der Waals surface area (Å²) in [6, 6.07) is 68.5. The van der Waals surface area contributed by atoms with Crippen molar-refractivity contribution in [2.45, 2.75) is 52.4 Å². The van der Waals surface area contributed by atoms with Gasteiger partial charge in [-0.3, -0.25) is 0 Å². The van der Waals surface area contributed by atoms with Crippen molar-refractivity contribution < 1.29 is 0 Å². The van der Waals surface area contributed by atoms with Crippen molar-refractivity contribution in [2.75, 3.05) is 0 Å². The third kappa shape index (κ3) is 6.89. The zero-order valence-corrected chi connectivity index (χ0v) is 37.2. The standard InChI is InChI=1S/C61H49N3/c1-60(2,3)45-30-25-41(26-31-45)57-62-58(42-27-32-46(33-28-42)61(4,5)6)64-59(63-57)44-15-11-14-43(37-44)55-48-16-8-7-13-38(48)29-34-49(55)40-23-21-39(22-24-40)47-35-36-54-51-18-10-9-17-50(51)53-20-12-19-52(47)56(53)54/h7-37H,1-6H3. The fourth-order valence-corrected chi connectivity index (χ4v) is 9.53. The first-order valence-electron chi connectivity index (χ1n) is 22.3. The van der Waals surface area contributed by atoms with Gasteiger partial charge in [0.25, 0.3) is 0 Å². The van der Waals surface area contributed by atoms with Crippen molar-refractivity contribution in [1.29, 1.82) is 0 Å². The van der Waals surface area contributed by atoms with Gasteiger partial charge >= 0.3 is 0 Å². The van der Waals surface area contributed by atoms with E-state index in [2.05, 4.69) is 230 Å². The second-order valence-corrected chi connectivity index (χ2v) is 19.3. The summed E-state index contributed by atoms with van der Waals surface area (Å²) in [5.41, 5.74) is 17.8. The van der Waals surface area contributed by atoms with Crippen molar-refractivity contribution in [3.05, 3.63) is 199 Å². The summed E-state index contributed by atoms with van der Waals surface area (Å²) in [6.45, 7) is 13.4. The fraction of sp³-hybridized carbons (Fsp3) is 0.131. The largest absolute Gasteiger partial charge is 0.208 e. The second-order valence-electron chi connectivity index (χ2n) is 19.3. The average Bonchev–Trinajstić information content (AvgIpc) is 3.65. The van der Waals surface area contributed by atoms with Gasteiger partial charge in [-0.15, -0.1) is 0 Å². The molecule has 0 saturated heterocycles. The maximum atomic E-state index is 5.19. The van der Waals surface area contributed by atoms with Crippen molar-refractivity contribution in [2.24, 2.45) is 0 Å². The molecule has 11 rings (SSSR count).